The fraction of sp³-hybridized carbons (Fsp3) is 0.167. The van der Waals surface area contributed by atoms with Crippen LogP contribution < -0.4 is 0 Å². The molecule has 0 saturated carbocycles. The largest absolute Gasteiger partial charge is 0.463 e. The Kier molecular flexibility index (Phi) is 4.51. The molecule has 0 aliphatic carbocycles. The van der Waals surface area contributed by atoms with Crippen LogP contribution in [-0.4, -0.2) is 18.4 Å². The summed E-state index contributed by atoms with van der Waals surface area (Å²) in [4.78, 5) is 22.3. The zero-order chi connectivity index (χ0) is 12.8. The van der Waals surface area contributed by atoms with E-state index >= 15 is 0 Å². The zero-order valence-electron chi connectivity index (χ0n) is 9.07. The number of benzene rings is 1. The molecular formula is C12H10F2O3. The first-order valence-corrected chi connectivity index (χ1v) is 4.88. The second-order valence-corrected chi connectivity index (χ2v) is 3.11. The van der Waals surface area contributed by atoms with Crippen molar-refractivity contribution >= 4 is 11.8 Å². The third-order valence-corrected chi connectivity index (χ3v) is 1.80. The summed E-state index contributed by atoms with van der Waals surface area (Å²) < 4.78 is 30.1. The molecule has 0 bridgehead atoms. The Morgan fingerprint density at radius 2 is 1.76 bits per heavy atom. The molecule has 0 heterocycles. The van der Waals surface area contributed by atoms with Gasteiger partial charge in [-0.05, 0) is 25.1 Å². The number of ketones is 1. The molecule has 3 nitrogen and oxygen atoms in total. The lowest BCUT2D eigenvalue weighted by Crippen LogP contribution is -2.02. The molecule has 0 atom stereocenters. The quantitative estimate of drug-likeness (QED) is 0.460. The zero-order valence-corrected chi connectivity index (χ0v) is 9.07. The van der Waals surface area contributed by atoms with Gasteiger partial charge in [-0.3, -0.25) is 4.79 Å². The fourth-order valence-corrected chi connectivity index (χ4v) is 1.13. The summed E-state index contributed by atoms with van der Waals surface area (Å²) in [7, 11) is 0. The van der Waals surface area contributed by atoms with Gasteiger partial charge >= 0.3 is 5.97 Å². The Morgan fingerprint density at radius 1 is 1.18 bits per heavy atom. The maximum absolute atomic E-state index is 12.8. The van der Waals surface area contributed by atoms with Crippen molar-refractivity contribution in [1.29, 1.82) is 0 Å². The number of esters is 1. The second kappa shape index (κ2) is 5.89. The Bertz CT molecular complexity index is 447. The summed E-state index contributed by atoms with van der Waals surface area (Å²) in [5.41, 5.74) is -0.164. The number of carbonyl (C=O) groups is 2. The van der Waals surface area contributed by atoms with Crippen molar-refractivity contribution in [2.75, 3.05) is 6.61 Å². The smallest absolute Gasteiger partial charge is 0.330 e. The molecule has 0 unspecified atom stereocenters. The molecule has 0 fully saturated rings. The highest BCUT2D eigenvalue weighted by Gasteiger charge is 2.07. The van der Waals surface area contributed by atoms with Crippen LogP contribution in [0.5, 0.6) is 0 Å². The summed E-state index contributed by atoms with van der Waals surface area (Å²) >= 11 is 0. The Morgan fingerprint density at radius 3 is 2.29 bits per heavy atom. The monoisotopic (exact) mass is 240 g/mol. The summed E-state index contributed by atoms with van der Waals surface area (Å²) in [6.45, 7) is 1.81. The van der Waals surface area contributed by atoms with Crippen LogP contribution in [-0.2, 0) is 9.53 Å². The van der Waals surface area contributed by atoms with Crippen LogP contribution in [0.4, 0.5) is 8.78 Å². The second-order valence-electron chi connectivity index (χ2n) is 3.11. The number of ether oxygens (including phenoxy) is 1. The molecule has 0 saturated heterocycles. The van der Waals surface area contributed by atoms with Crippen LogP contribution >= 0.6 is 0 Å². The minimum Gasteiger partial charge on any atom is -0.463 e. The van der Waals surface area contributed by atoms with Crippen molar-refractivity contribution in [3.63, 3.8) is 0 Å². The van der Waals surface area contributed by atoms with E-state index in [-0.39, 0.29) is 12.2 Å². The molecule has 1 aromatic carbocycles. The fourth-order valence-electron chi connectivity index (χ4n) is 1.13. The van der Waals surface area contributed by atoms with E-state index in [1.54, 1.807) is 6.92 Å². The van der Waals surface area contributed by atoms with Gasteiger partial charge in [0.1, 0.15) is 11.6 Å². The van der Waals surface area contributed by atoms with Crippen LogP contribution in [0.15, 0.2) is 30.4 Å². The summed E-state index contributed by atoms with van der Waals surface area (Å²) in [5, 5.41) is 0. The molecule has 0 radical (unpaired) electrons. The van der Waals surface area contributed by atoms with E-state index in [1.165, 1.54) is 0 Å². The summed E-state index contributed by atoms with van der Waals surface area (Å²) in [5.74, 6) is -3.05. The van der Waals surface area contributed by atoms with Gasteiger partial charge in [-0.1, -0.05) is 0 Å². The molecule has 1 rings (SSSR count). The molecule has 17 heavy (non-hydrogen) atoms. The topological polar surface area (TPSA) is 43.4 Å². The average Bonchev–Trinajstić information content (AvgIpc) is 2.25. The summed E-state index contributed by atoms with van der Waals surface area (Å²) in [6, 6.07) is 2.44. The molecule has 0 aromatic heterocycles. The van der Waals surface area contributed by atoms with Crippen LogP contribution in [0.2, 0.25) is 0 Å². The van der Waals surface area contributed by atoms with Gasteiger partial charge < -0.3 is 4.74 Å². The van der Waals surface area contributed by atoms with E-state index < -0.39 is 23.4 Å². The molecule has 1 aromatic rings. The molecule has 90 valence electrons. The number of allylic oxidation sites excluding steroid dienone is 1. The van der Waals surface area contributed by atoms with E-state index in [2.05, 4.69) is 4.74 Å². The van der Waals surface area contributed by atoms with E-state index in [9.17, 15) is 18.4 Å². The predicted molar refractivity (Wildman–Crippen MR) is 56.5 cm³/mol. The highest BCUT2D eigenvalue weighted by Crippen LogP contribution is 2.09. The molecule has 0 spiro atoms. The van der Waals surface area contributed by atoms with Crippen molar-refractivity contribution < 1.29 is 23.1 Å². The first-order chi connectivity index (χ1) is 8.02. The maximum Gasteiger partial charge on any atom is 0.330 e. The first-order valence-electron chi connectivity index (χ1n) is 4.88. The molecule has 0 N–H and O–H groups in total. The average molecular weight is 240 g/mol. The highest BCUT2D eigenvalue weighted by molar-refractivity contribution is 6.06. The van der Waals surface area contributed by atoms with Gasteiger partial charge in [-0.25, -0.2) is 13.6 Å². The Hall–Kier alpha value is -2.04. The standard InChI is InChI=1S/C12H10F2O3/c1-2-17-12(16)4-3-11(15)8-5-9(13)7-10(14)6-8/h3-7H,2H2,1H3/b4-3+. The normalized spacial score (nSPS) is 10.5. The van der Waals surface area contributed by atoms with Gasteiger partial charge in [-0.2, -0.15) is 0 Å². The van der Waals surface area contributed by atoms with Crippen molar-refractivity contribution in [2.24, 2.45) is 0 Å². The van der Waals surface area contributed by atoms with Crippen LogP contribution in [0.1, 0.15) is 17.3 Å². The maximum atomic E-state index is 12.8. The lowest BCUT2D eigenvalue weighted by molar-refractivity contribution is -0.137. The Labute approximate surface area is 96.7 Å². The first kappa shape index (κ1) is 13.0. The van der Waals surface area contributed by atoms with Gasteiger partial charge in [-0.15, -0.1) is 0 Å². The van der Waals surface area contributed by atoms with Crippen LogP contribution in [0.3, 0.4) is 0 Å². The van der Waals surface area contributed by atoms with E-state index in [0.29, 0.717) is 6.07 Å². The highest BCUT2D eigenvalue weighted by atomic mass is 19.1. The van der Waals surface area contributed by atoms with E-state index in [4.69, 9.17) is 0 Å². The number of rotatable bonds is 4. The van der Waals surface area contributed by atoms with Gasteiger partial charge in [0.15, 0.2) is 5.78 Å². The molecule has 5 heteroatoms. The lowest BCUT2D eigenvalue weighted by Gasteiger charge is -1.97. The third kappa shape index (κ3) is 4.14. The number of halogens is 2. The van der Waals surface area contributed by atoms with E-state index in [1.807, 2.05) is 0 Å². The van der Waals surface area contributed by atoms with Crippen molar-refractivity contribution in [1.82, 2.24) is 0 Å². The number of hydrogen-bond acceptors (Lipinski definition) is 3. The SMILES string of the molecule is CCOC(=O)/C=C/C(=O)c1cc(F)cc(F)c1. The van der Waals surface area contributed by atoms with Gasteiger partial charge in [0.2, 0.25) is 0 Å². The lowest BCUT2D eigenvalue weighted by atomic mass is 10.1. The van der Waals surface area contributed by atoms with Crippen LogP contribution in [0, 0.1) is 11.6 Å². The molecular weight excluding hydrogens is 230 g/mol. The van der Waals surface area contributed by atoms with Crippen molar-refractivity contribution in [3.8, 4) is 0 Å². The number of hydrogen-bond donors (Lipinski definition) is 0. The molecule has 0 amide bonds. The Balaban J connectivity index is 2.79. The van der Waals surface area contributed by atoms with Gasteiger partial charge in [0.25, 0.3) is 0 Å². The van der Waals surface area contributed by atoms with Crippen LogP contribution in [0.25, 0.3) is 0 Å². The molecule has 0 aliphatic heterocycles. The van der Waals surface area contributed by atoms with E-state index in [0.717, 1.165) is 24.3 Å². The molecule has 0 aliphatic rings. The minimum absolute atomic E-state index is 0.164. The van der Waals surface area contributed by atoms with Gasteiger partial charge in [0.05, 0.1) is 6.61 Å². The third-order valence-electron chi connectivity index (χ3n) is 1.80. The van der Waals surface area contributed by atoms with Crippen molar-refractivity contribution in [2.45, 2.75) is 6.92 Å². The summed E-state index contributed by atoms with van der Waals surface area (Å²) in [6.07, 6.45) is 1.82. The predicted octanol–water partition coefficient (Wildman–Crippen LogP) is 2.27. The van der Waals surface area contributed by atoms with Gasteiger partial charge in [0, 0.05) is 17.7 Å². The number of carbonyl (C=O) groups excluding carboxylic acids is 2. The van der Waals surface area contributed by atoms with Crippen molar-refractivity contribution in [3.05, 3.63) is 47.5 Å². The minimum atomic E-state index is -0.849.